The van der Waals surface area contributed by atoms with Crippen molar-refractivity contribution in [3.8, 4) is 0 Å². The second-order valence-corrected chi connectivity index (χ2v) is 9.45. The third-order valence-corrected chi connectivity index (χ3v) is 6.40. The van der Waals surface area contributed by atoms with E-state index in [2.05, 4.69) is 10.0 Å². The fourth-order valence-corrected chi connectivity index (χ4v) is 4.04. The zero-order valence-corrected chi connectivity index (χ0v) is 20.0. The molecule has 0 bridgehead atoms. The molecule has 35 heavy (non-hydrogen) atoms. The van der Waals surface area contributed by atoms with Crippen LogP contribution in [0, 0.1) is 12.7 Å². The summed E-state index contributed by atoms with van der Waals surface area (Å²) in [7, 11) is -4.10. The number of halogens is 1. The quantitative estimate of drug-likeness (QED) is 0.353. The SMILES string of the molecule is CC(=O)c1ccc(NC(=O)C(C)OC(=O)c2cccc(NS(=O)(=O)c3ccc(C)c(F)c3)c2)cc1. The molecule has 0 saturated heterocycles. The van der Waals surface area contributed by atoms with Crippen molar-refractivity contribution in [1.29, 1.82) is 0 Å². The average molecular weight is 499 g/mol. The number of rotatable bonds is 8. The molecule has 1 amide bonds. The number of ether oxygens (including phenoxy) is 1. The van der Waals surface area contributed by atoms with Crippen LogP contribution in [0.2, 0.25) is 0 Å². The summed E-state index contributed by atoms with van der Waals surface area (Å²) in [5, 5.41) is 2.58. The Morgan fingerprint density at radius 1 is 0.914 bits per heavy atom. The highest BCUT2D eigenvalue weighted by molar-refractivity contribution is 7.92. The van der Waals surface area contributed by atoms with E-state index in [1.54, 1.807) is 24.3 Å². The van der Waals surface area contributed by atoms with Gasteiger partial charge in [0.2, 0.25) is 0 Å². The highest BCUT2D eigenvalue weighted by atomic mass is 32.2. The summed E-state index contributed by atoms with van der Waals surface area (Å²) in [6.45, 7) is 4.33. The van der Waals surface area contributed by atoms with Crippen LogP contribution in [0.1, 0.15) is 40.1 Å². The van der Waals surface area contributed by atoms with Crippen molar-refractivity contribution in [2.75, 3.05) is 10.0 Å². The van der Waals surface area contributed by atoms with Gasteiger partial charge in [-0.3, -0.25) is 14.3 Å². The van der Waals surface area contributed by atoms with E-state index < -0.39 is 33.8 Å². The molecule has 0 spiro atoms. The minimum absolute atomic E-state index is 0.00532. The standard InChI is InChI=1S/C25H23FN2O6S/c1-15-7-12-22(14-23(15)26)35(32,33)28-21-6-4-5-19(13-21)25(31)34-17(3)24(30)27-20-10-8-18(9-11-20)16(2)29/h4-14,17,28H,1-3H3,(H,27,30). The van der Waals surface area contributed by atoms with Crippen LogP contribution < -0.4 is 10.0 Å². The van der Waals surface area contributed by atoms with Gasteiger partial charge < -0.3 is 10.1 Å². The number of sulfonamides is 1. The summed E-state index contributed by atoms with van der Waals surface area (Å²) < 4.78 is 46.4. The van der Waals surface area contributed by atoms with Crippen molar-refractivity contribution in [1.82, 2.24) is 0 Å². The van der Waals surface area contributed by atoms with Crippen LogP contribution in [0.5, 0.6) is 0 Å². The van der Waals surface area contributed by atoms with Gasteiger partial charge in [0, 0.05) is 16.9 Å². The van der Waals surface area contributed by atoms with Gasteiger partial charge in [-0.1, -0.05) is 12.1 Å². The van der Waals surface area contributed by atoms with Crippen LogP contribution in [0.15, 0.2) is 71.6 Å². The number of aryl methyl sites for hydroxylation is 1. The zero-order chi connectivity index (χ0) is 25.8. The molecule has 8 nitrogen and oxygen atoms in total. The number of carbonyl (C=O) groups excluding carboxylic acids is 3. The fourth-order valence-electron chi connectivity index (χ4n) is 2.98. The van der Waals surface area contributed by atoms with Crippen molar-refractivity contribution in [3.05, 3.63) is 89.2 Å². The Morgan fingerprint density at radius 3 is 2.23 bits per heavy atom. The van der Waals surface area contributed by atoms with Gasteiger partial charge in [0.15, 0.2) is 11.9 Å². The Morgan fingerprint density at radius 2 is 1.60 bits per heavy atom. The van der Waals surface area contributed by atoms with Crippen LogP contribution in [0.3, 0.4) is 0 Å². The first kappa shape index (κ1) is 25.6. The molecule has 0 heterocycles. The Kier molecular flexibility index (Phi) is 7.65. The number of carbonyl (C=O) groups is 3. The van der Waals surface area contributed by atoms with Gasteiger partial charge in [-0.15, -0.1) is 0 Å². The average Bonchev–Trinajstić information content (AvgIpc) is 2.80. The lowest BCUT2D eigenvalue weighted by Crippen LogP contribution is -2.30. The smallest absolute Gasteiger partial charge is 0.338 e. The third-order valence-electron chi connectivity index (χ3n) is 5.02. The number of hydrogen-bond donors (Lipinski definition) is 2. The van der Waals surface area contributed by atoms with Gasteiger partial charge in [-0.25, -0.2) is 17.6 Å². The number of Topliss-reactive ketones (excluding diaryl/α,β-unsaturated/α-hetero) is 1. The van der Waals surface area contributed by atoms with E-state index in [1.807, 2.05) is 0 Å². The Balaban J connectivity index is 1.66. The minimum atomic E-state index is -4.10. The highest BCUT2D eigenvalue weighted by Crippen LogP contribution is 2.20. The molecule has 3 rings (SSSR count). The molecule has 0 fully saturated rings. The van der Waals surface area contributed by atoms with E-state index in [0.29, 0.717) is 16.8 Å². The Hall–Kier alpha value is -4.05. The number of esters is 1. The largest absolute Gasteiger partial charge is 0.449 e. The van der Waals surface area contributed by atoms with Gasteiger partial charge in [-0.2, -0.15) is 0 Å². The minimum Gasteiger partial charge on any atom is -0.449 e. The molecule has 0 aliphatic carbocycles. The van der Waals surface area contributed by atoms with E-state index in [-0.39, 0.29) is 21.9 Å². The first-order chi connectivity index (χ1) is 16.5. The lowest BCUT2D eigenvalue weighted by atomic mass is 10.1. The summed E-state index contributed by atoms with van der Waals surface area (Å²) in [5.41, 5.74) is 1.28. The molecule has 0 aliphatic heterocycles. The van der Waals surface area contributed by atoms with Crippen LogP contribution in [0.4, 0.5) is 15.8 Å². The third kappa shape index (κ3) is 6.51. The van der Waals surface area contributed by atoms with E-state index in [1.165, 1.54) is 57.2 Å². The number of benzene rings is 3. The predicted octanol–water partition coefficient (Wildman–Crippen LogP) is 4.32. The molecule has 1 unspecified atom stereocenters. The first-order valence-electron chi connectivity index (χ1n) is 10.5. The molecule has 10 heteroatoms. The highest BCUT2D eigenvalue weighted by Gasteiger charge is 2.21. The van der Waals surface area contributed by atoms with Gasteiger partial charge >= 0.3 is 5.97 Å². The predicted molar refractivity (Wildman–Crippen MR) is 128 cm³/mol. The monoisotopic (exact) mass is 498 g/mol. The summed E-state index contributed by atoms with van der Waals surface area (Å²) in [6.07, 6.45) is -1.16. The molecule has 0 radical (unpaired) electrons. The molecule has 182 valence electrons. The maximum Gasteiger partial charge on any atom is 0.338 e. The lowest BCUT2D eigenvalue weighted by Gasteiger charge is -2.14. The molecule has 3 aromatic rings. The second kappa shape index (κ2) is 10.5. The van der Waals surface area contributed by atoms with Crippen LogP contribution in [0.25, 0.3) is 0 Å². The van der Waals surface area contributed by atoms with Gasteiger partial charge in [-0.05, 0) is 80.9 Å². The summed E-state index contributed by atoms with van der Waals surface area (Å²) in [6, 6.07) is 15.3. The van der Waals surface area contributed by atoms with Gasteiger partial charge in [0.25, 0.3) is 15.9 Å². The zero-order valence-electron chi connectivity index (χ0n) is 19.2. The molecule has 0 saturated carbocycles. The Bertz CT molecular complexity index is 1390. The first-order valence-corrected chi connectivity index (χ1v) is 12.0. The van der Waals surface area contributed by atoms with Gasteiger partial charge in [0.05, 0.1) is 10.5 Å². The van der Waals surface area contributed by atoms with Crippen molar-refractivity contribution < 1.29 is 31.9 Å². The summed E-state index contributed by atoms with van der Waals surface area (Å²) in [4.78, 5) is 36.0. The molecular weight excluding hydrogens is 475 g/mol. The van der Waals surface area contributed by atoms with Crippen LogP contribution in [-0.4, -0.2) is 32.2 Å². The van der Waals surface area contributed by atoms with E-state index >= 15 is 0 Å². The second-order valence-electron chi connectivity index (χ2n) is 7.77. The van der Waals surface area contributed by atoms with Crippen LogP contribution >= 0.6 is 0 Å². The number of nitrogens with one attached hydrogen (secondary N) is 2. The maximum atomic E-state index is 13.8. The number of ketones is 1. The molecule has 1 atom stereocenters. The number of hydrogen-bond acceptors (Lipinski definition) is 6. The molecular formula is C25H23FN2O6S. The van der Waals surface area contributed by atoms with Crippen LogP contribution in [-0.2, 0) is 19.6 Å². The number of amides is 1. The maximum absolute atomic E-state index is 13.8. The molecule has 2 N–H and O–H groups in total. The van der Waals surface area contributed by atoms with E-state index in [9.17, 15) is 27.2 Å². The topological polar surface area (TPSA) is 119 Å². The van der Waals surface area contributed by atoms with Crippen molar-refractivity contribution in [2.24, 2.45) is 0 Å². The van der Waals surface area contributed by atoms with E-state index in [0.717, 1.165) is 6.07 Å². The molecule has 0 aliphatic rings. The fraction of sp³-hybridized carbons (Fsp3) is 0.160. The van der Waals surface area contributed by atoms with Crippen molar-refractivity contribution >= 4 is 39.1 Å². The van der Waals surface area contributed by atoms with E-state index in [4.69, 9.17) is 4.74 Å². The molecule has 0 aromatic heterocycles. The van der Waals surface area contributed by atoms with Crippen molar-refractivity contribution in [2.45, 2.75) is 31.8 Å². The summed E-state index contributed by atoms with van der Waals surface area (Å²) in [5.74, 6) is -2.21. The molecule has 3 aromatic carbocycles. The normalized spacial score (nSPS) is 11.9. The lowest BCUT2D eigenvalue weighted by molar-refractivity contribution is -0.123. The Labute approximate surface area is 202 Å². The number of anilines is 2. The summed E-state index contributed by atoms with van der Waals surface area (Å²) >= 11 is 0. The van der Waals surface area contributed by atoms with Gasteiger partial charge in [0.1, 0.15) is 5.82 Å². The van der Waals surface area contributed by atoms with Crippen molar-refractivity contribution in [3.63, 3.8) is 0 Å².